The highest BCUT2D eigenvalue weighted by atomic mass is 32.2. The van der Waals surface area contributed by atoms with Crippen molar-refractivity contribution < 1.29 is 9.53 Å². The molecule has 1 N–H and O–H groups in total. The number of aromatic nitrogens is 5. The Labute approximate surface area is 171 Å². The van der Waals surface area contributed by atoms with Gasteiger partial charge in [0.25, 0.3) is 0 Å². The molecule has 2 aromatic heterocycles. The number of carbonyl (C=O) groups is 1. The minimum atomic E-state index is -0.102. The molecule has 0 spiro atoms. The molecule has 0 saturated carbocycles. The molecule has 0 bridgehead atoms. The van der Waals surface area contributed by atoms with Gasteiger partial charge in [0, 0.05) is 31.4 Å². The third-order valence-electron chi connectivity index (χ3n) is 4.46. The molecule has 2 aromatic carbocycles. The van der Waals surface area contributed by atoms with Gasteiger partial charge < -0.3 is 14.6 Å². The Kier molecular flexibility index (Phi) is 5.22. The second-order valence-corrected chi connectivity index (χ2v) is 7.40. The van der Waals surface area contributed by atoms with Gasteiger partial charge >= 0.3 is 0 Å². The number of hydrogen-bond donors (Lipinski definition) is 1. The number of thioether (sulfide) groups is 1. The minimum absolute atomic E-state index is 0.102. The average Bonchev–Trinajstić information content (AvgIpc) is 3.28. The Bertz CT molecular complexity index is 1180. The fourth-order valence-electron chi connectivity index (χ4n) is 3.10. The Morgan fingerprint density at radius 2 is 1.93 bits per heavy atom. The first-order valence-corrected chi connectivity index (χ1v) is 9.93. The van der Waals surface area contributed by atoms with Crippen LogP contribution in [0.1, 0.15) is 0 Å². The van der Waals surface area contributed by atoms with Gasteiger partial charge in [-0.3, -0.25) is 9.48 Å². The second kappa shape index (κ2) is 7.96. The molecule has 0 fully saturated rings. The number of amides is 1. The van der Waals surface area contributed by atoms with E-state index in [0.29, 0.717) is 16.9 Å². The number of hydrogen-bond acceptors (Lipinski definition) is 6. The van der Waals surface area contributed by atoms with E-state index in [9.17, 15) is 4.79 Å². The molecule has 0 aliphatic carbocycles. The normalized spacial score (nSPS) is 11.0. The van der Waals surface area contributed by atoms with Crippen molar-refractivity contribution in [1.82, 2.24) is 24.5 Å². The van der Waals surface area contributed by atoms with Gasteiger partial charge in [-0.05, 0) is 11.5 Å². The van der Waals surface area contributed by atoms with Gasteiger partial charge in [-0.2, -0.15) is 0 Å². The van der Waals surface area contributed by atoms with Gasteiger partial charge in [0.1, 0.15) is 5.56 Å². The topological polar surface area (TPSA) is 86.9 Å². The summed E-state index contributed by atoms with van der Waals surface area (Å²) >= 11 is 1.32. The van der Waals surface area contributed by atoms with Crippen LogP contribution in [0.4, 0.5) is 5.69 Å². The van der Waals surface area contributed by atoms with Gasteiger partial charge in [-0.25, -0.2) is 0 Å². The fraction of sp³-hybridized carbons (Fsp3) is 0.200. The highest BCUT2D eigenvalue weighted by Gasteiger charge is 2.19. The SMILES string of the molecule is COc1nn(C)cc1-c1nnc(SCC(=O)Nc2cccc3ccccc23)n1C. The molecule has 2 heterocycles. The van der Waals surface area contributed by atoms with E-state index >= 15 is 0 Å². The van der Waals surface area contributed by atoms with Crippen LogP contribution in [0.3, 0.4) is 0 Å². The predicted molar refractivity (Wildman–Crippen MR) is 113 cm³/mol. The summed E-state index contributed by atoms with van der Waals surface area (Å²) in [6.07, 6.45) is 1.82. The third kappa shape index (κ3) is 3.81. The maximum absolute atomic E-state index is 12.5. The second-order valence-electron chi connectivity index (χ2n) is 6.45. The molecule has 0 aliphatic rings. The first-order chi connectivity index (χ1) is 14.1. The summed E-state index contributed by atoms with van der Waals surface area (Å²) < 4.78 is 8.79. The van der Waals surface area contributed by atoms with Crippen molar-refractivity contribution in [2.45, 2.75) is 5.16 Å². The molecule has 29 heavy (non-hydrogen) atoms. The van der Waals surface area contributed by atoms with Crippen LogP contribution in [-0.4, -0.2) is 43.3 Å². The molecular formula is C20H20N6O2S. The van der Waals surface area contributed by atoms with Crippen LogP contribution < -0.4 is 10.1 Å². The van der Waals surface area contributed by atoms with Crippen molar-refractivity contribution in [1.29, 1.82) is 0 Å². The minimum Gasteiger partial charge on any atom is -0.479 e. The van der Waals surface area contributed by atoms with Crippen LogP contribution in [0, 0.1) is 0 Å². The van der Waals surface area contributed by atoms with Crippen LogP contribution in [0.15, 0.2) is 53.8 Å². The van der Waals surface area contributed by atoms with Crippen molar-refractivity contribution in [3.8, 4) is 17.3 Å². The molecule has 0 saturated heterocycles. The van der Waals surface area contributed by atoms with E-state index in [1.54, 1.807) is 11.8 Å². The highest BCUT2D eigenvalue weighted by molar-refractivity contribution is 7.99. The highest BCUT2D eigenvalue weighted by Crippen LogP contribution is 2.29. The summed E-state index contributed by atoms with van der Waals surface area (Å²) in [6, 6.07) is 13.8. The monoisotopic (exact) mass is 408 g/mol. The van der Waals surface area contributed by atoms with Crippen molar-refractivity contribution >= 4 is 34.1 Å². The number of aryl methyl sites for hydroxylation is 1. The van der Waals surface area contributed by atoms with Crippen LogP contribution in [0.25, 0.3) is 22.2 Å². The lowest BCUT2D eigenvalue weighted by Crippen LogP contribution is -2.14. The van der Waals surface area contributed by atoms with E-state index in [0.717, 1.165) is 22.0 Å². The Morgan fingerprint density at radius 3 is 2.76 bits per heavy atom. The number of ether oxygens (including phenoxy) is 1. The maximum atomic E-state index is 12.5. The first kappa shape index (κ1) is 19.0. The zero-order valence-electron chi connectivity index (χ0n) is 16.3. The number of anilines is 1. The van der Waals surface area contributed by atoms with Crippen LogP contribution in [0.5, 0.6) is 5.88 Å². The zero-order valence-corrected chi connectivity index (χ0v) is 17.1. The summed E-state index contributed by atoms with van der Waals surface area (Å²) in [7, 11) is 5.23. The standard InChI is InChI=1S/C20H20N6O2S/c1-25-11-15(19(24-25)28-3)18-22-23-20(26(18)2)29-12-17(27)21-16-10-6-8-13-7-4-5-9-14(13)16/h4-11H,12H2,1-3H3,(H,21,27). The number of benzene rings is 2. The summed E-state index contributed by atoms with van der Waals surface area (Å²) in [5.41, 5.74) is 1.55. The molecule has 1 amide bonds. The number of rotatable bonds is 6. The zero-order chi connectivity index (χ0) is 20.4. The van der Waals surface area contributed by atoms with Crippen LogP contribution in [-0.2, 0) is 18.9 Å². The van der Waals surface area contributed by atoms with Gasteiger partial charge in [0.15, 0.2) is 11.0 Å². The molecule has 9 heteroatoms. The Balaban J connectivity index is 1.47. The van der Waals surface area contributed by atoms with E-state index in [1.807, 2.05) is 67.3 Å². The summed E-state index contributed by atoms with van der Waals surface area (Å²) in [4.78, 5) is 12.5. The lowest BCUT2D eigenvalue weighted by Gasteiger charge is -2.08. The molecule has 0 unspecified atom stereocenters. The quantitative estimate of drug-likeness (QED) is 0.493. The van der Waals surface area contributed by atoms with Crippen molar-refractivity contribution in [2.75, 3.05) is 18.2 Å². The van der Waals surface area contributed by atoms with Gasteiger partial charge in [0.05, 0.1) is 12.9 Å². The van der Waals surface area contributed by atoms with Crippen molar-refractivity contribution in [3.63, 3.8) is 0 Å². The van der Waals surface area contributed by atoms with E-state index in [-0.39, 0.29) is 11.7 Å². The lowest BCUT2D eigenvalue weighted by molar-refractivity contribution is -0.113. The summed E-state index contributed by atoms with van der Waals surface area (Å²) in [5.74, 6) is 1.23. The van der Waals surface area contributed by atoms with Gasteiger partial charge in [0.2, 0.25) is 11.8 Å². The number of nitrogens with zero attached hydrogens (tertiary/aromatic N) is 5. The molecule has 8 nitrogen and oxygen atoms in total. The number of fused-ring (bicyclic) bond motifs is 1. The number of carbonyl (C=O) groups excluding carboxylic acids is 1. The maximum Gasteiger partial charge on any atom is 0.243 e. The first-order valence-electron chi connectivity index (χ1n) is 8.94. The van der Waals surface area contributed by atoms with E-state index in [4.69, 9.17) is 4.74 Å². The molecule has 4 aromatic rings. The molecule has 0 aliphatic heterocycles. The molecule has 148 valence electrons. The third-order valence-corrected chi connectivity index (χ3v) is 5.48. The average molecular weight is 408 g/mol. The Hall–Kier alpha value is -3.33. The smallest absolute Gasteiger partial charge is 0.243 e. The number of methoxy groups -OCH3 is 1. The Morgan fingerprint density at radius 1 is 1.14 bits per heavy atom. The molecular weight excluding hydrogens is 388 g/mol. The van der Waals surface area contributed by atoms with Crippen LogP contribution >= 0.6 is 11.8 Å². The van der Waals surface area contributed by atoms with Crippen LogP contribution in [0.2, 0.25) is 0 Å². The largest absolute Gasteiger partial charge is 0.479 e. The van der Waals surface area contributed by atoms with E-state index < -0.39 is 0 Å². The fourth-order valence-corrected chi connectivity index (χ4v) is 3.81. The molecule has 0 atom stereocenters. The number of nitrogens with one attached hydrogen (secondary N) is 1. The lowest BCUT2D eigenvalue weighted by atomic mass is 10.1. The molecule has 4 rings (SSSR count). The van der Waals surface area contributed by atoms with E-state index in [2.05, 4.69) is 20.6 Å². The van der Waals surface area contributed by atoms with Gasteiger partial charge in [-0.15, -0.1) is 15.3 Å². The summed E-state index contributed by atoms with van der Waals surface area (Å²) in [5, 5.41) is 18.4. The van der Waals surface area contributed by atoms with Crippen molar-refractivity contribution in [3.05, 3.63) is 48.7 Å². The summed E-state index contributed by atoms with van der Waals surface area (Å²) in [6.45, 7) is 0. The predicted octanol–water partition coefficient (Wildman–Crippen LogP) is 3.11. The van der Waals surface area contributed by atoms with E-state index in [1.165, 1.54) is 11.8 Å². The van der Waals surface area contributed by atoms with Gasteiger partial charge in [-0.1, -0.05) is 48.2 Å². The van der Waals surface area contributed by atoms with Crippen molar-refractivity contribution in [2.24, 2.45) is 14.1 Å². The molecule has 0 radical (unpaired) electrons.